The maximum absolute atomic E-state index is 14.1. The van der Waals surface area contributed by atoms with E-state index >= 15 is 0 Å². The largest absolute Gasteiger partial charge is 0.352 e. The summed E-state index contributed by atoms with van der Waals surface area (Å²) >= 11 is 6.43. The fraction of sp³-hybridized carbons (Fsp3) is 0.333. The summed E-state index contributed by atoms with van der Waals surface area (Å²) in [6, 6.07) is 21.2. The fourth-order valence-corrected chi connectivity index (χ4v) is 5.82. The maximum Gasteiger partial charge on any atom is 0.264 e. The second kappa shape index (κ2) is 13.6. The molecule has 0 heterocycles. The molecule has 1 N–H and O–H groups in total. The maximum atomic E-state index is 14.1. The minimum atomic E-state index is -4.10. The van der Waals surface area contributed by atoms with Gasteiger partial charge in [-0.2, -0.15) is 0 Å². The Balaban J connectivity index is 2.06. The molecule has 3 rings (SSSR count). The van der Waals surface area contributed by atoms with Gasteiger partial charge in [0.2, 0.25) is 11.8 Å². The highest BCUT2D eigenvalue weighted by atomic mass is 35.5. The van der Waals surface area contributed by atoms with Gasteiger partial charge in [-0.1, -0.05) is 74.0 Å². The zero-order chi connectivity index (χ0) is 28.6. The molecule has 0 spiro atoms. The van der Waals surface area contributed by atoms with Gasteiger partial charge in [0.1, 0.15) is 12.6 Å². The molecule has 9 heteroatoms. The van der Waals surface area contributed by atoms with Crippen LogP contribution in [-0.2, 0) is 26.2 Å². The van der Waals surface area contributed by atoms with Crippen LogP contribution in [0.15, 0.2) is 83.8 Å². The highest BCUT2D eigenvalue weighted by molar-refractivity contribution is 7.92. The monoisotopic (exact) mass is 569 g/mol. The number of anilines is 1. The van der Waals surface area contributed by atoms with Crippen molar-refractivity contribution in [2.75, 3.05) is 10.8 Å². The highest BCUT2D eigenvalue weighted by Crippen LogP contribution is 2.26. The first kappa shape index (κ1) is 30.2. The van der Waals surface area contributed by atoms with E-state index in [1.807, 2.05) is 39.8 Å². The van der Waals surface area contributed by atoms with Crippen molar-refractivity contribution in [2.24, 2.45) is 0 Å². The van der Waals surface area contributed by atoms with Crippen molar-refractivity contribution in [3.05, 3.63) is 95.0 Å². The van der Waals surface area contributed by atoms with Gasteiger partial charge >= 0.3 is 0 Å². The standard InChI is InChI=1S/C30H36ClN3O4S/c1-5-23(4)32-30(36)28(6-2)33(20-24-14-10-11-18-27(24)31)29(35)21-34(25-15-12-13-22(3)19-25)39(37,38)26-16-8-7-9-17-26/h7-19,23,28H,5-6,20-21H2,1-4H3,(H,32,36)/t23-,28-/m0/s1. The molecule has 2 atom stereocenters. The highest BCUT2D eigenvalue weighted by Gasteiger charge is 2.34. The van der Waals surface area contributed by atoms with Crippen molar-refractivity contribution < 1.29 is 18.0 Å². The SMILES string of the molecule is CC[C@H](C)NC(=O)[C@H](CC)N(Cc1ccccc1Cl)C(=O)CN(c1cccc(C)c1)S(=O)(=O)c1ccccc1. The van der Waals surface area contributed by atoms with E-state index in [2.05, 4.69) is 5.32 Å². The molecule has 0 aliphatic heterocycles. The number of hydrogen-bond donors (Lipinski definition) is 1. The van der Waals surface area contributed by atoms with Crippen LogP contribution in [0.3, 0.4) is 0 Å². The molecule has 0 aliphatic rings. The molecule has 208 valence electrons. The van der Waals surface area contributed by atoms with Gasteiger partial charge in [-0.05, 0) is 68.1 Å². The molecule has 39 heavy (non-hydrogen) atoms. The van der Waals surface area contributed by atoms with Crippen molar-refractivity contribution in [1.29, 1.82) is 0 Å². The number of carbonyl (C=O) groups is 2. The molecule has 0 radical (unpaired) electrons. The first-order valence-electron chi connectivity index (χ1n) is 13.1. The average Bonchev–Trinajstić information content (AvgIpc) is 2.92. The molecule has 0 unspecified atom stereocenters. The number of nitrogens with zero attached hydrogens (tertiary/aromatic N) is 2. The zero-order valence-corrected chi connectivity index (χ0v) is 24.4. The van der Waals surface area contributed by atoms with Crippen molar-refractivity contribution in [3.63, 3.8) is 0 Å². The summed E-state index contributed by atoms with van der Waals surface area (Å²) in [4.78, 5) is 28.9. The van der Waals surface area contributed by atoms with Gasteiger partial charge < -0.3 is 10.2 Å². The Kier molecular flexibility index (Phi) is 10.5. The van der Waals surface area contributed by atoms with E-state index in [9.17, 15) is 18.0 Å². The topological polar surface area (TPSA) is 86.8 Å². The quantitative estimate of drug-likeness (QED) is 0.309. The van der Waals surface area contributed by atoms with Crippen LogP contribution in [-0.4, -0.2) is 43.8 Å². The lowest BCUT2D eigenvalue weighted by Crippen LogP contribution is -2.53. The van der Waals surface area contributed by atoms with E-state index in [1.54, 1.807) is 54.6 Å². The van der Waals surface area contributed by atoms with Crippen LogP contribution in [0.2, 0.25) is 5.02 Å². The number of carbonyl (C=O) groups excluding carboxylic acids is 2. The second-order valence-electron chi connectivity index (χ2n) is 9.52. The Labute approximate surface area is 236 Å². The van der Waals surface area contributed by atoms with Crippen LogP contribution in [0.5, 0.6) is 0 Å². The normalized spacial score (nSPS) is 12.8. The molecule has 7 nitrogen and oxygen atoms in total. The molecule has 3 aromatic carbocycles. The van der Waals surface area contributed by atoms with Gasteiger partial charge in [-0.3, -0.25) is 13.9 Å². The van der Waals surface area contributed by atoms with Crippen molar-refractivity contribution >= 4 is 39.1 Å². The summed E-state index contributed by atoms with van der Waals surface area (Å²) < 4.78 is 28.8. The van der Waals surface area contributed by atoms with E-state index < -0.39 is 28.5 Å². The first-order valence-corrected chi connectivity index (χ1v) is 14.9. The number of rotatable bonds is 12. The van der Waals surface area contributed by atoms with Crippen molar-refractivity contribution in [2.45, 2.75) is 64.1 Å². The summed E-state index contributed by atoms with van der Waals surface area (Å²) in [5.74, 6) is -0.803. The van der Waals surface area contributed by atoms with Gasteiger partial charge in [0.15, 0.2) is 0 Å². The Morgan fingerprint density at radius 3 is 2.21 bits per heavy atom. The molecular weight excluding hydrogens is 534 g/mol. The van der Waals surface area contributed by atoms with Gasteiger partial charge in [-0.15, -0.1) is 0 Å². The third kappa shape index (κ3) is 7.61. The van der Waals surface area contributed by atoms with Crippen molar-refractivity contribution in [1.82, 2.24) is 10.2 Å². The Bertz CT molecular complexity index is 1380. The molecule has 3 aromatic rings. The van der Waals surface area contributed by atoms with E-state index in [0.717, 1.165) is 16.3 Å². The molecule has 0 saturated carbocycles. The molecule has 0 aliphatic carbocycles. The van der Waals surface area contributed by atoms with E-state index in [0.29, 0.717) is 22.7 Å². The number of halogens is 1. The minimum absolute atomic E-state index is 0.0536. The van der Waals surface area contributed by atoms with Crippen molar-refractivity contribution in [3.8, 4) is 0 Å². The van der Waals surface area contributed by atoms with E-state index in [1.165, 1.54) is 17.0 Å². The van der Waals surface area contributed by atoms with E-state index in [4.69, 9.17) is 11.6 Å². The predicted octanol–water partition coefficient (Wildman–Crippen LogP) is 5.57. The molecule has 0 fully saturated rings. The smallest absolute Gasteiger partial charge is 0.264 e. The van der Waals surface area contributed by atoms with Gasteiger partial charge in [0, 0.05) is 17.6 Å². The van der Waals surface area contributed by atoms with Gasteiger partial charge in [0.05, 0.1) is 10.6 Å². The fourth-order valence-electron chi connectivity index (χ4n) is 4.20. The summed E-state index contributed by atoms with van der Waals surface area (Å²) in [5, 5.41) is 3.43. The molecule has 0 saturated heterocycles. The number of aryl methyl sites for hydroxylation is 1. The summed E-state index contributed by atoms with van der Waals surface area (Å²) in [5.41, 5.74) is 1.87. The first-order chi connectivity index (χ1) is 18.6. The molecule has 2 amide bonds. The Morgan fingerprint density at radius 2 is 1.59 bits per heavy atom. The molecular formula is C30H36ClN3O4S. The number of amides is 2. The lowest BCUT2D eigenvalue weighted by Gasteiger charge is -2.34. The Hall–Kier alpha value is -3.36. The lowest BCUT2D eigenvalue weighted by atomic mass is 10.1. The summed E-state index contributed by atoms with van der Waals surface area (Å²) in [6.07, 6.45) is 1.07. The second-order valence-corrected chi connectivity index (χ2v) is 11.8. The third-order valence-corrected chi connectivity index (χ3v) is 8.74. The minimum Gasteiger partial charge on any atom is -0.352 e. The van der Waals surface area contributed by atoms with Crippen LogP contribution in [0.1, 0.15) is 44.7 Å². The zero-order valence-electron chi connectivity index (χ0n) is 22.8. The van der Waals surface area contributed by atoms with Crippen LogP contribution in [0.25, 0.3) is 0 Å². The number of benzene rings is 3. The average molecular weight is 570 g/mol. The molecule has 0 bridgehead atoms. The van der Waals surface area contributed by atoms with Crippen LogP contribution in [0, 0.1) is 6.92 Å². The number of hydrogen-bond acceptors (Lipinski definition) is 4. The van der Waals surface area contributed by atoms with Gasteiger partial charge in [-0.25, -0.2) is 8.42 Å². The molecule has 0 aromatic heterocycles. The number of nitrogens with one attached hydrogen (secondary N) is 1. The third-order valence-electron chi connectivity index (χ3n) is 6.59. The van der Waals surface area contributed by atoms with Crippen LogP contribution in [0.4, 0.5) is 5.69 Å². The number of sulfonamides is 1. The van der Waals surface area contributed by atoms with Crippen LogP contribution >= 0.6 is 11.6 Å². The lowest BCUT2D eigenvalue weighted by molar-refractivity contribution is -0.140. The Morgan fingerprint density at radius 1 is 0.923 bits per heavy atom. The summed E-state index contributed by atoms with van der Waals surface area (Å²) in [7, 11) is -4.10. The summed E-state index contributed by atoms with van der Waals surface area (Å²) in [6.45, 7) is 7.11. The predicted molar refractivity (Wildman–Crippen MR) is 156 cm³/mol. The van der Waals surface area contributed by atoms with Crippen LogP contribution < -0.4 is 9.62 Å². The van der Waals surface area contributed by atoms with E-state index in [-0.39, 0.29) is 23.4 Å². The van der Waals surface area contributed by atoms with Gasteiger partial charge in [0.25, 0.3) is 10.0 Å².